The first-order valence-corrected chi connectivity index (χ1v) is 5.90. The zero-order chi connectivity index (χ0) is 12.7. The molecule has 0 radical (unpaired) electrons. The largest absolute Gasteiger partial charge is 0.351 e. The molecule has 92 valence electrons. The van der Waals surface area contributed by atoms with E-state index in [0.29, 0.717) is 13.0 Å². The maximum Gasteiger partial charge on any atom is 0.235 e. The van der Waals surface area contributed by atoms with Gasteiger partial charge in [-0.3, -0.25) is 9.59 Å². The van der Waals surface area contributed by atoms with E-state index in [4.69, 9.17) is 11.6 Å². The summed E-state index contributed by atoms with van der Waals surface area (Å²) in [7, 11) is 0. The molecule has 0 aliphatic carbocycles. The molecule has 0 aliphatic heterocycles. The van der Waals surface area contributed by atoms with E-state index in [9.17, 15) is 9.59 Å². The van der Waals surface area contributed by atoms with E-state index < -0.39 is 0 Å². The topological polar surface area (TPSA) is 58.2 Å². The van der Waals surface area contributed by atoms with Gasteiger partial charge in [-0.2, -0.15) is 0 Å². The lowest BCUT2D eigenvalue weighted by atomic mass is 10.2. The number of carbonyl (C=O) groups is 2. The molecule has 1 aromatic carbocycles. The van der Waals surface area contributed by atoms with Gasteiger partial charge in [0.15, 0.2) is 0 Å². The predicted octanol–water partition coefficient (Wildman–Crippen LogP) is 1.89. The van der Waals surface area contributed by atoms with Gasteiger partial charge < -0.3 is 10.6 Å². The fourth-order valence-corrected chi connectivity index (χ4v) is 1.35. The van der Waals surface area contributed by atoms with Gasteiger partial charge in [0.25, 0.3) is 0 Å². The second-order valence-corrected chi connectivity index (χ2v) is 3.78. The van der Waals surface area contributed by atoms with Crippen molar-refractivity contribution in [3.05, 3.63) is 29.8 Å². The van der Waals surface area contributed by atoms with Gasteiger partial charge in [0.05, 0.1) is 0 Å². The Morgan fingerprint density at radius 1 is 1.29 bits per heavy atom. The summed E-state index contributed by atoms with van der Waals surface area (Å²) in [6, 6.07) is 7.33. The molecular weight excluding hydrogens is 240 g/mol. The van der Waals surface area contributed by atoms with Crippen molar-refractivity contribution in [2.75, 3.05) is 11.2 Å². The number of nitrogens with one attached hydrogen (secondary N) is 2. The molecule has 0 saturated heterocycles. The zero-order valence-electron chi connectivity index (χ0n) is 9.63. The third-order valence-electron chi connectivity index (χ3n) is 2.14. The van der Waals surface area contributed by atoms with Crippen LogP contribution in [0.3, 0.4) is 0 Å². The van der Waals surface area contributed by atoms with Gasteiger partial charge in [0, 0.05) is 18.7 Å². The summed E-state index contributed by atoms with van der Waals surface area (Å²) in [5, 5.41) is 5.42. The van der Waals surface area contributed by atoms with E-state index in [-0.39, 0.29) is 17.7 Å². The molecule has 17 heavy (non-hydrogen) atoms. The highest BCUT2D eigenvalue weighted by atomic mass is 35.5. The number of anilines is 1. The molecule has 0 aliphatic rings. The molecule has 1 aromatic rings. The number of rotatable bonds is 5. The van der Waals surface area contributed by atoms with E-state index >= 15 is 0 Å². The van der Waals surface area contributed by atoms with Crippen molar-refractivity contribution < 1.29 is 9.59 Å². The van der Waals surface area contributed by atoms with Gasteiger partial charge in [0.2, 0.25) is 11.8 Å². The first kappa shape index (κ1) is 13.5. The number of halogens is 1. The lowest BCUT2D eigenvalue weighted by molar-refractivity contribution is -0.119. The summed E-state index contributed by atoms with van der Waals surface area (Å²) in [4.78, 5) is 22.2. The number of alkyl halides is 1. The first-order chi connectivity index (χ1) is 8.15. The highest BCUT2D eigenvalue weighted by Crippen LogP contribution is 2.10. The maximum atomic E-state index is 11.2. The molecule has 0 aromatic heterocycles. The Hall–Kier alpha value is -1.55. The maximum absolute atomic E-state index is 11.2. The monoisotopic (exact) mass is 254 g/mol. The molecule has 1 rings (SSSR count). The van der Waals surface area contributed by atoms with Gasteiger partial charge in [-0.05, 0) is 17.7 Å². The van der Waals surface area contributed by atoms with Gasteiger partial charge in [0.1, 0.15) is 5.88 Å². The summed E-state index contributed by atoms with van der Waals surface area (Å²) in [6.45, 7) is 2.20. The smallest absolute Gasteiger partial charge is 0.235 e. The third-order valence-corrected chi connectivity index (χ3v) is 2.39. The van der Waals surface area contributed by atoms with Crippen LogP contribution in [0.4, 0.5) is 5.69 Å². The van der Waals surface area contributed by atoms with E-state index in [1.54, 1.807) is 13.0 Å². The highest BCUT2D eigenvalue weighted by molar-refractivity contribution is 6.27. The Labute approximate surface area is 105 Å². The fourth-order valence-electron chi connectivity index (χ4n) is 1.26. The Bertz CT molecular complexity index is 407. The van der Waals surface area contributed by atoms with E-state index in [2.05, 4.69) is 10.6 Å². The number of benzene rings is 1. The normalized spacial score (nSPS) is 9.76. The van der Waals surface area contributed by atoms with Crippen LogP contribution in [0.5, 0.6) is 0 Å². The van der Waals surface area contributed by atoms with Crippen molar-refractivity contribution in [3.8, 4) is 0 Å². The van der Waals surface area contributed by atoms with Crippen LogP contribution in [0.2, 0.25) is 0 Å². The number of amides is 2. The van der Waals surface area contributed by atoms with E-state index in [1.807, 2.05) is 18.2 Å². The van der Waals surface area contributed by atoms with Crippen LogP contribution < -0.4 is 10.6 Å². The molecular formula is C12H15ClN2O2. The molecule has 2 N–H and O–H groups in total. The van der Waals surface area contributed by atoms with Crippen molar-refractivity contribution >= 4 is 29.1 Å². The molecule has 0 bridgehead atoms. The SMILES string of the molecule is CCC(=O)Nc1cccc(CNC(=O)CCl)c1. The number of hydrogen-bond acceptors (Lipinski definition) is 2. The Kier molecular flexibility index (Phi) is 5.49. The predicted molar refractivity (Wildman–Crippen MR) is 67.9 cm³/mol. The second kappa shape index (κ2) is 6.91. The number of carbonyl (C=O) groups excluding carboxylic acids is 2. The average molecular weight is 255 g/mol. The van der Waals surface area contributed by atoms with Crippen molar-refractivity contribution in [2.24, 2.45) is 0 Å². The van der Waals surface area contributed by atoms with Crippen LogP contribution in [0.1, 0.15) is 18.9 Å². The molecule has 0 saturated carbocycles. The highest BCUT2D eigenvalue weighted by Gasteiger charge is 2.01. The van der Waals surface area contributed by atoms with Crippen molar-refractivity contribution in [1.82, 2.24) is 5.32 Å². The molecule has 5 heteroatoms. The minimum atomic E-state index is -0.213. The van der Waals surface area contributed by atoms with Gasteiger partial charge >= 0.3 is 0 Å². The Morgan fingerprint density at radius 3 is 2.71 bits per heavy atom. The molecule has 0 unspecified atom stereocenters. The minimum absolute atomic E-state index is 0.0352. The number of hydrogen-bond donors (Lipinski definition) is 2. The van der Waals surface area contributed by atoms with Crippen molar-refractivity contribution in [1.29, 1.82) is 0 Å². The van der Waals surface area contributed by atoms with Crippen LogP contribution in [0.15, 0.2) is 24.3 Å². The lowest BCUT2D eigenvalue weighted by Crippen LogP contribution is -2.23. The van der Waals surface area contributed by atoms with Crippen LogP contribution >= 0.6 is 11.6 Å². The van der Waals surface area contributed by atoms with Crippen LogP contribution in [0, 0.1) is 0 Å². The standard InChI is InChI=1S/C12H15ClN2O2/c1-2-11(16)15-10-5-3-4-9(6-10)8-14-12(17)7-13/h3-6H,2,7-8H2,1H3,(H,14,17)(H,15,16). The third kappa shape index (κ3) is 4.87. The van der Waals surface area contributed by atoms with Crippen LogP contribution in [-0.4, -0.2) is 17.7 Å². The van der Waals surface area contributed by atoms with Crippen LogP contribution in [-0.2, 0) is 16.1 Å². The Balaban J connectivity index is 2.59. The van der Waals surface area contributed by atoms with Crippen LogP contribution in [0.25, 0.3) is 0 Å². The molecule has 0 fully saturated rings. The Morgan fingerprint density at radius 2 is 2.06 bits per heavy atom. The minimum Gasteiger partial charge on any atom is -0.351 e. The summed E-state index contributed by atoms with van der Waals surface area (Å²) in [5.74, 6) is -0.298. The lowest BCUT2D eigenvalue weighted by Gasteiger charge is -2.07. The van der Waals surface area contributed by atoms with E-state index in [0.717, 1.165) is 11.3 Å². The van der Waals surface area contributed by atoms with Crippen molar-refractivity contribution in [2.45, 2.75) is 19.9 Å². The summed E-state index contributed by atoms with van der Waals surface area (Å²) >= 11 is 5.37. The molecule has 0 heterocycles. The summed E-state index contributed by atoms with van der Waals surface area (Å²) < 4.78 is 0. The van der Waals surface area contributed by atoms with Gasteiger partial charge in [-0.15, -0.1) is 11.6 Å². The molecule has 0 spiro atoms. The van der Waals surface area contributed by atoms with Gasteiger partial charge in [-0.25, -0.2) is 0 Å². The first-order valence-electron chi connectivity index (χ1n) is 5.37. The fraction of sp³-hybridized carbons (Fsp3) is 0.333. The molecule has 2 amide bonds. The average Bonchev–Trinajstić information content (AvgIpc) is 2.36. The summed E-state index contributed by atoms with van der Waals surface area (Å²) in [6.07, 6.45) is 0.438. The second-order valence-electron chi connectivity index (χ2n) is 3.51. The molecule has 4 nitrogen and oxygen atoms in total. The van der Waals surface area contributed by atoms with Gasteiger partial charge in [-0.1, -0.05) is 19.1 Å². The van der Waals surface area contributed by atoms with E-state index in [1.165, 1.54) is 0 Å². The van der Waals surface area contributed by atoms with Crippen molar-refractivity contribution in [3.63, 3.8) is 0 Å². The quantitative estimate of drug-likeness (QED) is 0.789. The summed E-state index contributed by atoms with van der Waals surface area (Å²) in [5.41, 5.74) is 1.65. The zero-order valence-corrected chi connectivity index (χ0v) is 10.4. The molecule has 0 atom stereocenters.